The number of benzene rings is 2. The molecule has 4 nitrogen and oxygen atoms in total. The first kappa shape index (κ1) is 16.3. The van der Waals surface area contributed by atoms with Gasteiger partial charge in [-0.3, -0.25) is 4.79 Å². The molecule has 0 spiro atoms. The maximum Gasteiger partial charge on any atom is 0.221 e. The third kappa shape index (κ3) is 4.24. The molecule has 1 unspecified atom stereocenters. The standard InChI is InChI=1S/C19H17ClN2O2/c20-16-8-6-15(7-9-16)18(14-4-2-1-3-5-14)12-19(23)21-13-17-10-11-24-22-17/h1-11,18H,12-13H2,(H,21,23). The summed E-state index contributed by atoms with van der Waals surface area (Å²) < 4.78 is 4.76. The van der Waals surface area contributed by atoms with Crippen LogP contribution in [0.5, 0.6) is 0 Å². The zero-order valence-corrected chi connectivity index (χ0v) is 13.7. The maximum atomic E-state index is 12.4. The van der Waals surface area contributed by atoms with Crippen molar-refractivity contribution < 1.29 is 9.32 Å². The van der Waals surface area contributed by atoms with E-state index in [-0.39, 0.29) is 11.8 Å². The Balaban J connectivity index is 1.74. The lowest BCUT2D eigenvalue weighted by atomic mass is 9.88. The molecule has 24 heavy (non-hydrogen) atoms. The molecule has 1 N–H and O–H groups in total. The third-order valence-electron chi connectivity index (χ3n) is 3.82. The minimum atomic E-state index is -0.0400. The zero-order chi connectivity index (χ0) is 16.8. The molecular formula is C19H17ClN2O2. The summed E-state index contributed by atoms with van der Waals surface area (Å²) in [5.74, 6) is -0.0671. The fraction of sp³-hybridized carbons (Fsp3) is 0.158. The van der Waals surface area contributed by atoms with Crippen molar-refractivity contribution in [3.05, 3.63) is 88.8 Å². The fourth-order valence-corrected chi connectivity index (χ4v) is 2.71. The van der Waals surface area contributed by atoms with Crippen LogP contribution in [0.15, 0.2) is 71.4 Å². The first-order valence-corrected chi connectivity index (χ1v) is 8.06. The quantitative estimate of drug-likeness (QED) is 0.732. The summed E-state index contributed by atoms with van der Waals surface area (Å²) in [6.07, 6.45) is 1.84. The number of nitrogens with zero attached hydrogens (tertiary/aromatic N) is 1. The molecule has 0 fully saturated rings. The minimum Gasteiger partial charge on any atom is -0.364 e. The molecule has 2 aromatic carbocycles. The molecule has 0 radical (unpaired) electrons. The highest BCUT2D eigenvalue weighted by atomic mass is 35.5. The summed E-state index contributed by atoms with van der Waals surface area (Å²) in [4.78, 5) is 12.4. The van der Waals surface area contributed by atoms with Crippen molar-refractivity contribution in [1.29, 1.82) is 0 Å². The lowest BCUT2D eigenvalue weighted by Gasteiger charge is -2.18. The molecule has 0 saturated carbocycles. The molecule has 1 heterocycles. The van der Waals surface area contributed by atoms with Gasteiger partial charge < -0.3 is 9.84 Å². The van der Waals surface area contributed by atoms with E-state index < -0.39 is 0 Å². The largest absolute Gasteiger partial charge is 0.364 e. The van der Waals surface area contributed by atoms with E-state index in [2.05, 4.69) is 10.5 Å². The van der Waals surface area contributed by atoms with Gasteiger partial charge in [-0.25, -0.2) is 0 Å². The van der Waals surface area contributed by atoms with Gasteiger partial charge in [0.2, 0.25) is 5.91 Å². The Labute approximate surface area is 145 Å². The van der Waals surface area contributed by atoms with Crippen LogP contribution in [0.3, 0.4) is 0 Å². The second kappa shape index (κ2) is 7.79. The molecule has 1 amide bonds. The van der Waals surface area contributed by atoms with Crippen molar-refractivity contribution in [2.24, 2.45) is 0 Å². The summed E-state index contributed by atoms with van der Waals surface area (Å²) in [5, 5.41) is 7.35. The van der Waals surface area contributed by atoms with Gasteiger partial charge in [0.1, 0.15) is 12.0 Å². The molecule has 1 atom stereocenters. The summed E-state index contributed by atoms with van der Waals surface area (Å²) in [6.45, 7) is 0.359. The van der Waals surface area contributed by atoms with Gasteiger partial charge in [-0.2, -0.15) is 0 Å². The number of hydrogen-bond donors (Lipinski definition) is 1. The van der Waals surface area contributed by atoms with Gasteiger partial charge in [0.15, 0.2) is 0 Å². The average Bonchev–Trinajstić information content (AvgIpc) is 3.13. The van der Waals surface area contributed by atoms with Gasteiger partial charge >= 0.3 is 0 Å². The van der Waals surface area contributed by atoms with Gasteiger partial charge in [0.25, 0.3) is 0 Å². The highest BCUT2D eigenvalue weighted by Crippen LogP contribution is 2.28. The topological polar surface area (TPSA) is 55.1 Å². The van der Waals surface area contributed by atoms with Gasteiger partial charge in [-0.15, -0.1) is 0 Å². The molecule has 3 aromatic rings. The number of rotatable bonds is 6. The summed E-state index contributed by atoms with van der Waals surface area (Å²) in [6, 6.07) is 19.3. The maximum absolute atomic E-state index is 12.4. The fourth-order valence-electron chi connectivity index (χ4n) is 2.58. The number of carbonyl (C=O) groups is 1. The van der Waals surface area contributed by atoms with Crippen LogP contribution < -0.4 is 5.32 Å². The molecule has 5 heteroatoms. The third-order valence-corrected chi connectivity index (χ3v) is 4.07. The van der Waals surface area contributed by atoms with E-state index in [1.807, 2.05) is 54.6 Å². The van der Waals surface area contributed by atoms with E-state index in [9.17, 15) is 4.79 Å². The highest BCUT2D eigenvalue weighted by molar-refractivity contribution is 6.30. The smallest absolute Gasteiger partial charge is 0.221 e. The molecule has 122 valence electrons. The summed E-state index contributed by atoms with van der Waals surface area (Å²) in [7, 11) is 0. The van der Waals surface area contributed by atoms with Crippen LogP contribution in [0.25, 0.3) is 0 Å². The first-order chi connectivity index (χ1) is 11.7. The lowest BCUT2D eigenvalue weighted by Crippen LogP contribution is -2.25. The average molecular weight is 341 g/mol. The van der Waals surface area contributed by atoms with Crippen molar-refractivity contribution in [3.8, 4) is 0 Å². The lowest BCUT2D eigenvalue weighted by molar-refractivity contribution is -0.121. The highest BCUT2D eigenvalue weighted by Gasteiger charge is 2.18. The van der Waals surface area contributed by atoms with Crippen molar-refractivity contribution in [1.82, 2.24) is 10.5 Å². The van der Waals surface area contributed by atoms with Crippen LogP contribution in [-0.2, 0) is 11.3 Å². The number of aromatic nitrogens is 1. The van der Waals surface area contributed by atoms with Gasteiger partial charge in [-0.05, 0) is 23.3 Å². The summed E-state index contributed by atoms with van der Waals surface area (Å²) in [5.41, 5.74) is 2.85. The first-order valence-electron chi connectivity index (χ1n) is 7.69. The Morgan fingerprint density at radius 3 is 2.42 bits per heavy atom. The number of hydrogen-bond acceptors (Lipinski definition) is 3. The van der Waals surface area contributed by atoms with Crippen molar-refractivity contribution >= 4 is 17.5 Å². The van der Waals surface area contributed by atoms with Crippen LogP contribution in [0.1, 0.15) is 29.2 Å². The Kier molecular flexibility index (Phi) is 5.29. The molecule has 0 bridgehead atoms. The van der Waals surface area contributed by atoms with E-state index >= 15 is 0 Å². The molecule has 3 rings (SSSR count). The summed E-state index contributed by atoms with van der Waals surface area (Å²) >= 11 is 5.98. The zero-order valence-electron chi connectivity index (χ0n) is 13.0. The van der Waals surface area contributed by atoms with Gasteiger partial charge in [0, 0.05) is 23.4 Å². The molecule has 0 saturated heterocycles. The van der Waals surface area contributed by atoms with Crippen molar-refractivity contribution in [2.75, 3.05) is 0 Å². The van der Waals surface area contributed by atoms with E-state index in [4.69, 9.17) is 16.1 Å². The Bertz CT molecular complexity index is 771. The van der Waals surface area contributed by atoms with Crippen LogP contribution in [0.4, 0.5) is 0 Å². The van der Waals surface area contributed by atoms with Crippen molar-refractivity contribution in [3.63, 3.8) is 0 Å². The number of amides is 1. The van der Waals surface area contributed by atoms with E-state index in [1.165, 1.54) is 6.26 Å². The second-order valence-corrected chi connectivity index (χ2v) is 5.92. The Morgan fingerprint density at radius 2 is 1.75 bits per heavy atom. The van der Waals surface area contributed by atoms with E-state index in [0.29, 0.717) is 23.7 Å². The van der Waals surface area contributed by atoms with Crippen LogP contribution in [0, 0.1) is 0 Å². The van der Waals surface area contributed by atoms with Crippen LogP contribution in [0.2, 0.25) is 5.02 Å². The Morgan fingerprint density at radius 1 is 1.04 bits per heavy atom. The number of carbonyl (C=O) groups excluding carboxylic acids is 1. The normalized spacial score (nSPS) is 11.9. The van der Waals surface area contributed by atoms with Crippen LogP contribution >= 0.6 is 11.6 Å². The second-order valence-electron chi connectivity index (χ2n) is 5.49. The minimum absolute atomic E-state index is 0.0271. The van der Waals surface area contributed by atoms with Gasteiger partial charge in [-0.1, -0.05) is 59.2 Å². The van der Waals surface area contributed by atoms with Crippen molar-refractivity contribution in [2.45, 2.75) is 18.9 Å². The molecule has 0 aliphatic rings. The van der Waals surface area contributed by atoms with E-state index in [1.54, 1.807) is 6.07 Å². The molecular weight excluding hydrogens is 324 g/mol. The van der Waals surface area contributed by atoms with E-state index in [0.717, 1.165) is 11.1 Å². The predicted octanol–water partition coefficient (Wildman–Crippen LogP) is 4.17. The molecule has 1 aromatic heterocycles. The number of nitrogens with one attached hydrogen (secondary N) is 1. The van der Waals surface area contributed by atoms with Gasteiger partial charge in [0.05, 0.1) is 6.54 Å². The van der Waals surface area contributed by atoms with Crippen LogP contribution in [-0.4, -0.2) is 11.1 Å². The molecule has 0 aliphatic carbocycles. The monoisotopic (exact) mass is 340 g/mol. The Hall–Kier alpha value is -2.59. The molecule has 0 aliphatic heterocycles. The predicted molar refractivity (Wildman–Crippen MR) is 92.7 cm³/mol. The number of halogens is 1. The SMILES string of the molecule is O=C(CC(c1ccccc1)c1ccc(Cl)cc1)NCc1ccon1.